The molecule has 2 amide bonds. The van der Waals surface area contributed by atoms with Crippen LogP contribution in [0.15, 0.2) is 48.5 Å². The van der Waals surface area contributed by atoms with Gasteiger partial charge in [-0.3, -0.25) is 9.59 Å². The Labute approximate surface area is 139 Å². The van der Waals surface area contributed by atoms with Gasteiger partial charge >= 0.3 is 12.1 Å². The van der Waals surface area contributed by atoms with Crippen LogP contribution < -0.4 is 0 Å². The maximum absolute atomic E-state index is 12.9. The average molecular weight is 349 g/mol. The summed E-state index contributed by atoms with van der Waals surface area (Å²) in [6, 6.07) is 10.4. The molecule has 0 N–H and O–H groups in total. The van der Waals surface area contributed by atoms with Crippen LogP contribution in [0.3, 0.4) is 0 Å². The Bertz CT molecular complexity index is 841. The van der Waals surface area contributed by atoms with E-state index in [1.54, 1.807) is 0 Å². The first-order valence-corrected chi connectivity index (χ1v) is 7.13. The molecule has 5 nitrogen and oxygen atoms in total. The third-order valence-electron chi connectivity index (χ3n) is 3.61. The van der Waals surface area contributed by atoms with Crippen LogP contribution in [-0.2, 0) is 22.2 Å². The SMILES string of the molecule is O=C(Cc1ccccc1C(F)(F)F)ON1C(=O)c2ccccc2C1=O. The smallest absolute Gasteiger partial charge is 0.329 e. The van der Waals surface area contributed by atoms with E-state index in [2.05, 4.69) is 0 Å². The predicted octanol–water partition coefficient (Wildman–Crippen LogP) is 3.00. The summed E-state index contributed by atoms with van der Waals surface area (Å²) in [7, 11) is 0. The summed E-state index contributed by atoms with van der Waals surface area (Å²) in [6.07, 6.45) is -5.37. The van der Waals surface area contributed by atoms with Gasteiger partial charge in [0.15, 0.2) is 0 Å². The summed E-state index contributed by atoms with van der Waals surface area (Å²) in [5, 5.41) is 0.267. The Morgan fingerprint density at radius 2 is 1.44 bits per heavy atom. The van der Waals surface area contributed by atoms with E-state index in [0.29, 0.717) is 0 Å². The fourth-order valence-corrected chi connectivity index (χ4v) is 2.49. The third-order valence-corrected chi connectivity index (χ3v) is 3.61. The molecule has 0 radical (unpaired) electrons. The van der Waals surface area contributed by atoms with Gasteiger partial charge < -0.3 is 4.84 Å². The van der Waals surface area contributed by atoms with Crippen LogP contribution in [0, 0.1) is 0 Å². The van der Waals surface area contributed by atoms with E-state index in [4.69, 9.17) is 4.84 Å². The Kier molecular flexibility index (Phi) is 4.03. The highest BCUT2D eigenvalue weighted by Gasteiger charge is 2.39. The molecule has 0 unspecified atom stereocenters. The highest BCUT2D eigenvalue weighted by Crippen LogP contribution is 2.32. The number of hydrogen-bond donors (Lipinski definition) is 0. The largest absolute Gasteiger partial charge is 0.416 e. The molecule has 2 aromatic carbocycles. The fraction of sp³-hybridized carbons (Fsp3) is 0.118. The Morgan fingerprint density at radius 3 is 2.00 bits per heavy atom. The first-order chi connectivity index (χ1) is 11.8. The number of fused-ring (bicyclic) bond motifs is 1. The van der Waals surface area contributed by atoms with Crippen molar-refractivity contribution in [1.82, 2.24) is 5.06 Å². The minimum absolute atomic E-state index is 0.0657. The number of carbonyl (C=O) groups excluding carboxylic acids is 3. The van der Waals surface area contributed by atoms with Crippen LogP contribution in [0.25, 0.3) is 0 Å². The van der Waals surface area contributed by atoms with E-state index >= 15 is 0 Å². The Morgan fingerprint density at radius 1 is 0.920 bits per heavy atom. The molecule has 1 heterocycles. The number of alkyl halides is 3. The van der Waals surface area contributed by atoms with Crippen LogP contribution in [0.2, 0.25) is 0 Å². The molecule has 0 fully saturated rings. The number of imide groups is 1. The van der Waals surface area contributed by atoms with Gasteiger partial charge in [-0.1, -0.05) is 35.4 Å². The standard InChI is InChI=1S/C17H10F3NO4/c18-17(19,20)13-8-4-1-5-10(13)9-14(22)25-21-15(23)11-6-2-3-7-12(11)16(21)24/h1-8H,9H2. The molecule has 25 heavy (non-hydrogen) atoms. The number of hydrogen-bond acceptors (Lipinski definition) is 4. The maximum atomic E-state index is 12.9. The Hall–Kier alpha value is -3.16. The molecule has 0 saturated carbocycles. The summed E-state index contributed by atoms with van der Waals surface area (Å²) in [4.78, 5) is 40.8. The molecule has 1 aliphatic rings. The van der Waals surface area contributed by atoms with Gasteiger partial charge in [0.25, 0.3) is 11.8 Å². The van der Waals surface area contributed by atoms with Crippen molar-refractivity contribution in [2.24, 2.45) is 0 Å². The van der Waals surface area contributed by atoms with Crippen molar-refractivity contribution >= 4 is 17.8 Å². The monoisotopic (exact) mass is 349 g/mol. The lowest BCUT2D eigenvalue weighted by Gasteiger charge is -2.15. The zero-order valence-corrected chi connectivity index (χ0v) is 12.5. The average Bonchev–Trinajstić information content (AvgIpc) is 2.80. The van der Waals surface area contributed by atoms with E-state index in [1.807, 2.05) is 0 Å². The lowest BCUT2D eigenvalue weighted by molar-refractivity contribution is -0.167. The van der Waals surface area contributed by atoms with E-state index in [0.717, 1.165) is 12.1 Å². The highest BCUT2D eigenvalue weighted by atomic mass is 19.4. The quantitative estimate of drug-likeness (QED) is 0.799. The number of rotatable bonds is 3. The summed E-state index contributed by atoms with van der Waals surface area (Å²) in [5.74, 6) is -2.82. The molecule has 2 aromatic rings. The normalized spacial score (nSPS) is 13.8. The summed E-state index contributed by atoms with van der Waals surface area (Å²) >= 11 is 0. The molecule has 0 saturated heterocycles. The van der Waals surface area contributed by atoms with Crippen LogP contribution in [0.4, 0.5) is 13.2 Å². The van der Waals surface area contributed by atoms with Gasteiger partial charge in [-0.25, -0.2) is 4.79 Å². The van der Waals surface area contributed by atoms with E-state index in [-0.39, 0.29) is 21.8 Å². The third kappa shape index (κ3) is 3.10. The molecule has 8 heteroatoms. The van der Waals surface area contributed by atoms with Gasteiger partial charge in [-0.05, 0) is 23.8 Å². The minimum Gasteiger partial charge on any atom is -0.329 e. The summed E-state index contributed by atoms with van der Waals surface area (Å²) in [5.41, 5.74) is -1.15. The number of nitrogens with zero attached hydrogens (tertiary/aromatic N) is 1. The van der Waals surface area contributed by atoms with Crippen molar-refractivity contribution in [1.29, 1.82) is 0 Å². The molecular weight excluding hydrogens is 339 g/mol. The van der Waals surface area contributed by atoms with Gasteiger partial charge in [0.2, 0.25) is 0 Å². The van der Waals surface area contributed by atoms with Crippen LogP contribution >= 0.6 is 0 Å². The molecular formula is C17H10F3NO4. The maximum Gasteiger partial charge on any atom is 0.416 e. The molecule has 3 rings (SSSR count). The van der Waals surface area contributed by atoms with Crippen molar-refractivity contribution in [3.05, 3.63) is 70.8 Å². The van der Waals surface area contributed by atoms with E-state index in [9.17, 15) is 27.6 Å². The second-order valence-electron chi connectivity index (χ2n) is 5.25. The summed E-state index contributed by atoms with van der Waals surface area (Å²) in [6.45, 7) is 0. The van der Waals surface area contributed by atoms with Crippen LogP contribution in [0.1, 0.15) is 31.8 Å². The van der Waals surface area contributed by atoms with Gasteiger partial charge in [-0.15, -0.1) is 0 Å². The number of benzene rings is 2. The number of halogens is 3. The second kappa shape index (κ2) is 6.04. The lowest BCUT2D eigenvalue weighted by Crippen LogP contribution is -2.33. The summed E-state index contributed by atoms with van der Waals surface area (Å²) < 4.78 is 38.8. The topological polar surface area (TPSA) is 63.7 Å². The fourth-order valence-electron chi connectivity index (χ4n) is 2.49. The lowest BCUT2D eigenvalue weighted by atomic mass is 10.0. The zero-order valence-electron chi connectivity index (χ0n) is 12.5. The van der Waals surface area contributed by atoms with Gasteiger partial charge in [0, 0.05) is 0 Å². The molecule has 0 bridgehead atoms. The van der Waals surface area contributed by atoms with E-state index < -0.39 is 35.9 Å². The molecule has 0 aliphatic carbocycles. The van der Waals surface area contributed by atoms with Crippen molar-refractivity contribution < 1.29 is 32.4 Å². The number of amides is 2. The van der Waals surface area contributed by atoms with Gasteiger partial charge in [-0.2, -0.15) is 13.2 Å². The van der Waals surface area contributed by atoms with Crippen molar-refractivity contribution in [2.45, 2.75) is 12.6 Å². The van der Waals surface area contributed by atoms with Crippen molar-refractivity contribution in [3.63, 3.8) is 0 Å². The minimum atomic E-state index is -4.63. The van der Waals surface area contributed by atoms with Gasteiger partial charge in [0.1, 0.15) is 0 Å². The van der Waals surface area contributed by atoms with Crippen LogP contribution in [0.5, 0.6) is 0 Å². The molecule has 1 aliphatic heterocycles. The molecule has 0 aromatic heterocycles. The van der Waals surface area contributed by atoms with Gasteiger partial charge in [0.05, 0.1) is 23.1 Å². The second-order valence-corrected chi connectivity index (χ2v) is 5.25. The molecule has 0 spiro atoms. The van der Waals surface area contributed by atoms with Crippen molar-refractivity contribution in [2.75, 3.05) is 0 Å². The first-order valence-electron chi connectivity index (χ1n) is 7.13. The molecule has 0 atom stereocenters. The molecule has 128 valence electrons. The number of carbonyl (C=O) groups is 3. The number of hydroxylamine groups is 2. The highest BCUT2D eigenvalue weighted by molar-refractivity contribution is 6.20. The predicted molar refractivity (Wildman–Crippen MR) is 78.2 cm³/mol. The van der Waals surface area contributed by atoms with E-state index in [1.165, 1.54) is 36.4 Å². The van der Waals surface area contributed by atoms with Crippen LogP contribution in [-0.4, -0.2) is 22.8 Å². The first kappa shape index (κ1) is 16.7. The Balaban J connectivity index is 1.77. The van der Waals surface area contributed by atoms with Crippen molar-refractivity contribution in [3.8, 4) is 0 Å². The zero-order chi connectivity index (χ0) is 18.2.